The monoisotopic (exact) mass is 208 g/mol. The van der Waals surface area contributed by atoms with E-state index in [2.05, 4.69) is 4.99 Å². The zero-order valence-electron chi connectivity index (χ0n) is 6.69. The van der Waals surface area contributed by atoms with Crippen LogP contribution < -0.4 is 25.6 Å². The molecule has 76 valence electrons. The van der Waals surface area contributed by atoms with Gasteiger partial charge in [-0.15, -0.1) is 0 Å². The highest BCUT2D eigenvalue weighted by molar-refractivity contribution is 7.49. The van der Waals surface area contributed by atoms with Crippen LogP contribution in [0.4, 0.5) is 0 Å². The topological polar surface area (TPSA) is 143 Å². The minimum absolute atomic E-state index is 0.0613. The molecule has 0 aromatic rings. The van der Waals surface area contributed by atoms with E-state index < -0.39 is 19.7 Å². The highest BCUT2D eigenvalue weighted by Gasteiger charge is 2.01. The normalized spacial score (nSPS) is 12.9. The molecule has 0 unspecified atom stereocenters. The summed E-state index contributed by atoms with van der Waals surface area (Å²) in [6.45, 7) is -0.0613. The molecule has 0 fully saturated rings. The van der Waals surface area contributed by atoms with Crippen molar-refractivity contribution >= 4 is 19.4 Å². The third-order valence-corrected chi connectivity index (χ3v) is 1.77. The van der Waals surface area contributed by atoms with E-state index in [1.807, 2.05) is 0 Å². The first-order chi connectivity index (χ1) is 5.81. The van der Waals surface area contributed by atoms with Gasteiger partial charge in [0.1, 0.15) is 0 Å². The maximum Gasteiger partial charge on any atom is 0.245 e. The van der Waals surface area contributed by atoms with Gasteiger partial charge in [-0.25, -0.2) is 0 Å². The van der Waals surface area contributed by atoms with Crippen LogP contribution in [0.3, 0.4) is 0 Å². The summed E-state index contributed by atoms with van der Waals surface area (Å²) in [5, 5.41) is 9.89. The molecule has 0 heterocycles. The summed E-state index contributed by atoms with van der Waals surface area (Å²) >= 11 is 0. The fraction of sp³-hybridized carbons (Fsp3) is 0.600. The summed E-state index contributed by atoms with van der Waals surface area (Å²) in [6.07, 6.45) is -1.12. The summed E-state index contributed by atoms with van der Waals surface area (Å²) in [7, 11) is -4.67. The number of hydrogen-bond donors (Lipinski definition) is 2. The van der Waals surface area contributed by atoms with Gasteiger partial charge in [-0.05, 0) is 0 Å². The van der Waals surface area contributed by atoms with Crippen molar-refractivity contribution in [3.63, 3.8) is 0 Å². The van der Waals surface area contributed by atoms with Gasteiger partial charge >= 0.3 is 0 Å². The lowest BCUT2D eigenvalue weighted by atomic mass is 10.4. The second-order valence-electron chi connectivity index (χ2n) is 2.34. The Morgan fingerprint density at radius 1 is 1.46 bits per heavy atom. The van der Waals surface area contributed by atoms with Crippen molar-refractivity contribution in [2.24, 2.45) is 5.73 Å². The maximum atomic E-state index is 10.1. The van der Waals surface area contributed by atoms with E-state index in [4.69, 9.17) is 5.73 Å². The van der Waals surface area contributed by atoms with Crippen LogP contribution in [0.5, 0.6) is 0 Å². The first-order valence-electron chi connectivity index (χ1n) is 3.37. The third kappa shape index (κ3) is 9.00. The Morgan fingerprint density at radius 3 is 2.38 bits per heavy atom. The Labute approximate surface area is 74.4 Å². The van der Waals surface area contributed by atoms with E-state index in [9.17, 15) is 24.3 Å². The molecule has 0 bridgehead atoms. The smallest absolute Gasteiger partial charge is 0.245 e. The molecule has 0 radical (unpaired) electrons. The van der Waals surface area contributed by atoms with Crippen molar-refractivity contribution in [3.05, 3.63) is 0 Å². The third-order valence-electron chi connectivity index (χ3n) is 1.05. The van der Waals surface area contributed by atoms with Gasteiger partial charge in [0.2, 0.25) is 5.84 Å². The summed E-state index contributed by atoms with van der Waals surface area (Å²) in [5.74, 6) is -1.54. The molecule has 0 aliphatic rings. The highest BCUT2D eigenvalue weighted by Crippen LogP contribution is 2.20. The van der Waals surface area contributed by atoms with E-state index >= 15 is 0 Å². The van der Waals surface area contributed by atoms with Crippen molar-refractivity contribution in [1.82, 2.24) is 0 Å². The molecule has 0 saturated heterocycles. The van der Waals surface area contributed by atoms with Gasteiger partial charge in [-0.1, -0.05) is 7.60 Å². The quantitative estimate of drug-likeness (QED) is 0.262. The number of carboxylic acid groups (broad SMARTS) is 1. The van der Waals surface area contributed by atoms with Gasteiger partial charge < -0.3 is 24.3 Å². The molecule has 0 aliphatic heterocycles. The van der Waals surface area contributed by atoms with Crippen LogP contribution >= 0.6 is 7.60 Å². The van der Waals surface area contributed by atoms with Gasteiger partial charge in [-0.2, -0.15) is 0 Å². The zero-order chi connectivity index (χ0) is 10.5. The van der Waals surface area contributed by atoms with Crippen LogP contribution in [0.25, 0.3) is 0 Å². The van der Waals surface area contributed by atoms with Crippen LogP contribution in [0.2, 0.25) is 0 Å². The summed E-state index contributed by atoms with van der Waals surface area (Å²) in [6, 6.07) is 0. The molecule has 0 spiro atoms. The molecule has 8 heteroatoms. The summed E-state index contributed by atoms with van der Waals surface area (Å²) in [5.41, 5.74) is 5.07. The minimum atomic E-state index is -4.67. The number of amidine groups is 1. The number of carbonyl (C=O) groups excluding carboxylic acids is 1. The molecular weight excluding hydrogens is 199 g/mol. The van der Waals surface area contributed by atoms with E-state index in [-0.39, 0.29) is 18.8 Å². The first-order valence-corrected chi connectivity index (χ1v) is 5.10. The fourth-order valence-electron chi connectivity index (χ4n) is 0.590. The van der Waals surface area contributed by atoms with Crippen LogP contribution in [-0.2, 0) is 9.36 Å². The Kier molecular flexibility index (Phi) is 4.61. The van der Waals surface area contributed by atoms with Gasteiger partial charge in [0.25, 0.3) is 0 Å². The molecule has 0 atom stereocenters. The van der Waals surface area contributed by atoms with Crippen LogP contribution in [-0.4, -0.2) is 24.5 Å². The number of hydrogen-bond acceptors (Lipinski definition) is 5. The average molecular weight is 208 g/mol. The van der Waals surface area contributed by atoms with Gasteiger partial charge in [0.05, 0.1) is 12.7 Å². The van der Waals surface area contributed by atoms with Gasteiger partial charge in [0.15, 0.2) is 0 Å². The van der Waals surface area contributed by atoms with E-state index in [1.165, 1.54) is 0 Å². The van der Waals surface area contributed by atoms with Crippen molar-refractivity contribution in [2.45, 2.75) is 6.42 Å². The number of carbonyl (C=O) groups is 1. The van der Waals surface area contributed by atoms with Gasteiger partial charge in [0, 0.05) is 12.4 Å². The van der Waals surface area contributed by atoms with Crippen molar-refractivity contribution < 1.29 is 29.2 Å². The Balaban J connectivity index is 3.90. The predicted molar refractivity (Wildman–Crippen MR) is 37.1 cm³/mol. The molecule has 3 N–H and O–H groups in total. The molecule has 0 aromatic carbocycles. The highest BCUT2D eigenvalue weighted by atomic mass is 31.2. The standard InChI is InChI=1S/C5H11N2O5P/c6-4(3-13(10,11)12)7-2-1-5(8)9/h1-3H2,(H2,6,7)(H,8,9)(H2,10,11,12)/p-2. The largest absolute Gasteiger partial charge is 0.810 e. The molecule has 13 heavy (non-hydrogen) atoms. The SMILES string of the molecule is NC(CP(=O)([O-])[O-])=[NH+]CCC(=O)[O-]. The number of carboxylic acids is 1. The van der Waals surface area contributed by atoms with E-state index in [0.29, 0.717) is 0 Å². The summed E-state index contributed by atoms with van der Waals surface area (Å²) < 4.78 is 10.1. The Hall–Kier alpha value is -0.910. The lowest BCUT2D eigenvalue weighted by Gasteiger charge is -2.26. The zero-order valence-corrected chi connectivity index (χ0v) is 7.58. The Morgan fingerprint density at radius 2 is 2.00 bits per heavy atom. The second-order valence-corrected chi connectivity index (χ2v) is 3.88. The number of nitrogens with two attached hydrogens (primary N) is 1. The first kappa shape index (κ1) is 12.1. The van der Waals surface area contributed by atoms with Gasteiger partial charge in [-0.3, -0.25) is 10.7 Å². The van der Waals surface area contributed by atoms with Crippen LogP contribution in [0.15, 0.2) is 0 Å². The molecular formula is C5H9N2O5P-2. The molecule has 0 amide bonds. The maximum absolute atomic E-state index is 10.1. The second kappa shape index (κ2) is 4.96. The average Bonchev–Trinajstić information content (AvgIpc) is 1.81. The van der Waals surface area contributed by atoms with Crippen molar-refractivity contribution in [3.8, 4) is 0 Å². The van der Waals surface area contributed by atoms with E-state index in [1.54, 1.807) is 0 Å². The predicted octanol–water partition coefficient (Wildman–Crippen LogP) is -5.52. The lowest BCUT2D eigenvalue weighted by molar-refractivity contribution is -0.460. The lowest BCUT2D eigenvalue weighted by Crippen LogP contribution is -2.77. The number of rotatable bonds is 5. The summed E-state index contributed by atoms with van der Waals surface area (Å²) in [4.78, 5) is 32.4. The molecule has 0 aliphatic carbocycles. The Bertz CT molecular complexity index is 258. The molecule has 0 rings (SSSR count). The fourth-order valence-corrected chi connectivity index (χ4v) is 1.12. The molecule has 0 saturated carbocycles. The van der Waals surface area contributed by atoms with Crippen molar-refractivity contribution in [2.75, 3.05) is 12.7 Å². The van der Waals surface area contributed by atoms with Crippen molar-refractivity contribution in [1.29, 1.82) is 0 Å². The molecule has 0 aromatic heterocycles. The molecule has 7 nitrogen and oxygen atoms in total. The number of nitrogens with one attached hydrogen (secondary N) is 1. The van der Waals surface area contributed by atoms with Crippen LogP contribution in [0, 0.1) is 0 Å². The van der Waals surface area contributed by atoms with Crippen LogP contribution in [0.1, 0.15) is 6.42 Å². The minimum Gasteiger partial charge on any atom is -0.810 e. The number of aliphatic carboxylic acids is 1. The van der Waals surface area contributed by atoms with E-state index in [0.717, 1.165) is 0 Å².